The van der Waals surface area contributed by atoms with Gasteiger partial charge in [-0.25, -0.2) is 0 Å². The fourth-order valence-electron chi connectivity index (χ4n) is 2.16. The van der Waals surface area contributed by atoms with Crippen LogP contribution in [-0.2, 0) is 0 Å². The Kier molecular flexibility index (Phi) is 3.22. The summed E-state index contributed by atoms with van der Waals surface area (Å²) in [6.45, 7) is 7.66. The van der Waals surface area contributed by atoms with Crippen molar-refractivity contribution in [3.63, 3.8) is 0 Å². The molecule has 0 radical (unpaired) electrons. The highest BCUT2D eigenvalue weighted by molar-refractivity contribution is 5.36. The molecule has 0 aromatic heterocycles. The molecule has 1 aliphatic carbocycles. The molecule has 0 bridgehead atoms. The van der Waals surface area contributed by atoms with E-state index in [9.17, 15) is 0 Å². The highest BCUT2D eigenvalue weighted by Crippen LogP contribution is 2.47. The Bertz CT molecular complexity index is 437. The van der Waals surface area contributed by atoms with Crippen LogP contribution < -0.4 is 5.32 Å². The van der Waals surface area contributed by atoms with Gasteiger partial charge in [0.05, 0.1) is 11.6 Å². The molecule has 1 N–H and O–H groups in total. The van der Waals surface area contributed by atoms with Crippen LogP contribution >= 0.6 is 0 Å². The number of benzene rings is 1. The zero-order valence-electron chi connectivity index (χ0n) is 10.8. The lowest BCUT2D eigenvalue weighted by Gasteiger charge is -2.20. The predicted octanol–water partition coefficient (Wildman–Crippen LogP) is 3.05. The smallest absolute Gasteiger partial charge is 0.0991 e. The van der Waals surface area contributed by atoms with Crippen LogP contribution in [0.1, 0.15) is 44.2 Å². The van der Waals surface area contributed by atoms with E-state index in [1.165, 1.54) is 12.0 Å². The third kappa shape index (κ3) is 3.31. The van der Waals surface area contributed by atoms with Crippen molar-refractivity contribution < 1.29 is 0 Å². The lowest BCUT2D eigenvalue weighted by atomic mass is 10.1. The molecular weight excluding hydrogens is 208 g/mol. The first-order chi connectivity index (χ1) is 7.99. The van der Waals surface area contributed by atoms with Crippen molar-refractivity contribution in [2.24, 2.45) is 5.92 Å². The Morgan fingerprint density at radius 1 is 1.41 bits per heavy atom. The molecule has 1 aromatic rings. The van der Waals surface area contributed by atoms with Crippen molar-refractivity contribution in [1.29, 1.82) is 5.26 Å². The molecule has 0 heterocycles. The second kappa shape index (κ2) is 4.50. The number of nitrogens with one attached hydrogen (secondary N) is 1. The minimum Gasteiger partial charge on any atom is -0.312 e. The molecule has 0 aliphatic heterocycles. The van der Waals surface area contributed by atoms with Crippen LogP contribution in [0.5, 0.6) is 0 Å². The summed E-state index contributed by atoms with van der Waals surface area (Å²) in [5.74, 6) is 1.39. The summed E-state index contributed by atoms with van der Waals surface area (Å²) in [5.41, 5.74) is 2.29. The number of nitriles is 1. The van der Waals surface area contributed by atoms with Gasteiger partial charge in [-0.15, -0.1) is 0 Å². The fourth-order valence-corrected chi connectivity index (χ4v) is 2.16. The number of hydrogen-bond acceptors (Lipinski definition) is 2. The summed E-state index contributed by atoms with van der Waals surface area (Å²) < 4.78 is 0. The van der Waals surface area contributed by atoms with Crippen LogP contribution in [0.2, 0.25) is 0 Å². The predicted molar refractivity (Wildman–Crippen MR) is 69.8 cm³/mol. The molecule has 0 saturated heterocycles. The van der Waals surface area contributed by atoms with E-state index in [0.29, 0.717) is 5.92 Å². The standard InChI is InChI=1S/C15H20N2/c1-15(2,3)17-10-13-8-14(13)12-6-4-5-11(7-12)9-16/h4-7,13-14,17H,8,10H2,1-3H3. The largest absolute Gasteiger partial charge is 0.312 e. The summed E-state index contributed by atoms with van der Waals surface area (Å²) in [7, 11) is 0. The Morgan fingerprint density at radius 2 is 2.18 bits per heavy atom. The van der Waals surface area contributed by atoms with E-state index < -0.39 is 0 Å². The molecule has 0 amide bonds. The Hall–Kier alpha value is -1.33. The van der Waals surface area contributed by atoms with Crippen molar-refractivity contribution in [2.45, 2.75) is 38.6 Å². The quantitative estimate of drug-likeness (QED) is 0.863. The molecule has 2 atom stereocenters. The number of rotatable bonds is 3. The highest BCUT2D eigenvalue weighted by atomic mass is 15.0. The van der Waals surface area contributed by atoms with Crippen molar-refractivity contribution >= 4 is 0 Å². The summed E-state index contributed by atoms with van der Waals surface area (Å²) in [5, 5.41) is 12.4. The molecule has 0 spiro atoms. The Labute approximate surface area is 104 Å². The van der Waals surface area contributed by atoms with Crippen LogP contribution in [0.4, 0.5) is 0 Å². The van der Waals surface area contributed by atoms with Gasteiger partial charge < -0.3 is 5.32 Å². The van der Waals surface area contributed by atoms with E-state index in [1.54, 1.807) is 0 Å². The summed E-state index contributed by atoms with van der Waals surface area (Å²) in [6.07, 6.45) is 1.25. The molecule has 1 aromatic carbocycles. The van der Waals surface area contributed by atoms with Crippen LogP contribution in [0, 0.1) is 17.2 Å². The normalized spacial score (nSPS) is 23.2. The van der Waals surface area contributed by atoms with Gasteiger partial charge in [-0.3, -0.25) is 0 Å². The third-order valence-corrected chi connectivity index (χ3v) is 3.26. The van der Waals surface area contributed by atoms with Crippen molar-refractivity contribution in [3.8, 4) is 6.07 Å². The van der Waals surface area contributed by atoms with Gasteiger partial charge >= 0.3 is 0 Å². The molecule has 90 valence electrons. The van der Waals surface area contributed by atoms with Gasteiger partial charge in [0.25, 0.3) is 0 Å². The Morgan fingerprint density at radius 3 is 2.82 bits per heavy atom. The minimum absolute atomic E-state index is 0.196. The average molecular weight is 228 g/mol. The highest BCUT2D eigenvalue weighted by Gasteiger charge is 2.38. The van der Waals surface area contributed by atoms with Gasteiger partial charge in [0.15, 0.2) is 0 Å². The molecule has 2 heteroatoms. The first-order valence-electron chi connectivity index (χ1n) is 6.25. The number of nitrogens with zero attached hydrogens (tertiary/aromatic N) is 1. The maximum absolute atomic E-state index is 8.88. The topological polar surface area (TPSA) is 35.8 Å². The molecule has 1 saturated carbocycles. The van der Waals surface area contributed by atoms with Gasteiger partial charge in [0.1, 0.15) is 0 Å². The van der Waals surface area contributed by atoms with E-state index in [-0.39, 0.29) is 5.54 Å². The van der Waals surface area contributed by atoms with Crippen LogP contribution in [-0.4, -0.2) is 12.1 Å². The summed E-state index contributed by atoms with van der Waals surface area (Å²) in [6, 6.07) is 10.2. The molecule has 2 rings (SSSR count). The summed E-state index contributed by atoms with van der Waals surface area (Å²) >= 11 is 0. The second-order valence-electron chi connectivity index (χ2n) is 5.97. The van der Waals surface area contributed by atoms with Crippen LogP contribution in [0.25, 0.3) is 0 Å². The van der Waals surface area contributed by atoms with E-state index in [1.807, 2.05) is 18.2 Å². The summed E-state index contributed by atoms with van der Waals surface area (Å²) in [4.78, 5) is 0. The molecular formula is C15H20N2. The lowest BCUT2D eigenvalue weighted by Crippen LogP contribution is -2.37. The Balaban J connectivity index is 1.92. The van der Waals surface area contributed by atoms with Gasteiger partial charge in [0.2, 0.25) is 0 Å². The molecule has 17 heavy (non-hydrogen) atoms. The third-order valence-electron chi connectivity index (χ3n) is 3.26. The van der Waals surface area contributed by atoms with Gasteiger partial charge in [-0.05, 0) is 63.3 Å². The van der Waals surface area contributed by atoms with E-state index in [2.05, 4.69) is 38.2 Å². The molecule has 1 aliphatic rings. The average Bonchev–Trinajstić information content (AvgIpc) is 3.05. The molecule has 2 unspecified atom stereocenters. The second-order valence-corrected chi connectivity index (χ2v) is 5.97. The van der Waals surface area contributed by atoms with E-state index in [0.717, 1.165) is 18.0 Å². The lowest BCUT2D eigenvalue weighted by molar-refractivity contribution is 0.414. The van der Waals surface area contributed by atoms with E-state index >= 15 is 0 Å². The monoisotopic (exact) mass is 228 g/mol. The first-order valence-corrected chi connectivity index (χ1v) is 6.25. The maximum Gasteiger partial charge on any atom is 0.0991 e. The van der Waals surface area contributed by atoms with Gasteiger partial charge in [0, 0.05) is 5.54 Å². The van der Waals surface area contributed by atoms with Crippen molar-refractivity contribution in [3.05, 3.63) is 35.4 Å². The van der Waals surface area contributed by atoms with Crippen molar-refractivity contribution in [2.75, 3.05) is 6.54 Å². The van der Waals surface area contributed by atoms with Crippen molar-refractivity contribution in [1.82, 2.24) is 5.32 Å². The van der Waals surface area contributed by atoms with Crippen LogP contribution in [0.3, 0.4) is 0 Å². The van der Waals surface area contributed by atoms with Crippen LogP contribution in [0.15, 0.2) is 24.3 Å². The van der Waals surface area contributed by atoms with E-state index in [4.69, 9.17) is 5.26 Å². The molecule has 2 nitrogen and oxygen atoms in total. The maximum atomic E-state index is 8.88. The fraction of sp³-hybridized carbons (Fsp3) is 0.533. The zero-order valence-corrected chi connectivity index (χ0v) is 10.8. The SMILES string of the molecule is CC(C)(C)NCC1CC1c1cccc(C#N)c1. The minimum atomic E-state index is 0.196. The first kappa shape index (κ1) is 12.1. The molecule has 1 fully saturated rings. The zero-order chi connectivity index (χ0) is 12.5. The number of hydrogen-bond donors (Lipinski definition) is 1. The van der Waals surface area contributed by atoms with Gasteiger partial charge in [-0.2, -0.15) is 5.26 Å². The van der Waals surface area contributed by atoms with Gasteiger partial charge in [-0.1, -0.05) is 12.1 Å².